The minimum Gasteiger partial charge on any atom is -0.374 e. The van der Waals surface area contributed by atoms with Crippen molar-refractivity contribution in [2.24, 2.45) is 4.99 Å². The van der Waals surface area contributed by atoms with Gasteiger partial charge in [-0.15, -0.1) is 0 Å². The summed E-state index contributed by atoms with van der Waals surface area (Å²) >= 11 is 5.98. The van der Waals surface area contributed by atoms with E-state index < -0.39 is 0 Å². The quantitative estimate of drug-likeness (QED) is 0.442. The molecule has 0 aliphatic carbocycles. The first kappa shape index (κ1) is 22.2. The Morgan fingerprint density at radius 3 is 2.58 bits per heavy atom. The number of halogens is 1. The molecule has 2 nitrogen and oxygen atoms in total. The first-order chi connectivity index (χ1) is 12.5. The van der Waals surface area contributed by atoms with Crippen LogP contribution in [0.1, 0.15) is 52.4 Å². The highest BCUT2D eigenvalue weighted by molar-refractivity contribution is 6.25. The number of allylic oxidation sites excluding steroid dienone is 5. The first-order valence-electron chi connectivity index (χ1n) is 9.41. The van der Waals surface area contributed by atoms with Crippen LogP contribution in [-0.2, 0) is 0 Å². The van der Waals surface area contributed by atoms with Gasteiger partial charge in [0.2, 0.25) is 0 Å². The van der Waals surface area contributed by atoms with Gasteiger partial charge < -0.3 is 4.90 Å². The second kappa shape index (κ2) is 11.7. The Balaban J connectivity index is 3.50. The zero-order chi connectivity index (χ0) is 19.5. The maximum absolute atomic E-state index is 5.98. The topological polar surface area (TPSA) is 15.6 Å². The Morgan fingerprint density at radius 1 is 1.27 bits per heavy atom. The van der Waals surface area contributed by atoms with Gasteiger partial charge in [-0.1, -0.05) is 56.8 Å². The van der Waals surface area contributed by atoms with Crippen molar-refractivity contribution >= 4 is 17.8 Å². The van der Waals surface area contributed by atoms with E-state index in [-0.39, 0.29) is 0 Å². The maximum atomic E-state index is 5.98. The van der Waals surface area contributed by atoms with Crippen LogP contribution in [0.25, 0.3) is 0 Å². The van der Waals surface area contributed by atoms with Gasteiger partial charge in [-0.25, -0.2) is 0 Å². The molecule has 142 valence electrons. The highest BCUT2D eigenvalue weighted by Crippen LogP contribution is 2.29. The van der Waals surface area contributed by atoms with Crippen LogP contribution in [0.3, 0.4) is 0 Å². The summed E-state index contributed by atoms with van der Waals surface area (Å²) in [4.78, 5) is 7.07. The van der Waals surface area contributed by atoms with Crippen LogP contribution in [0.15, 0.2) is 76.1 Å². The molecular formula is C23H33ClN2. The Kier molecular flexibility index (Phi) is 10.0. The van der Waals surface area contributed by atoms with Gasteiger partial charge >= 0.3 is 0 Å². The molecule has 1 heterocycles. The van der Waals surface area contributed by atoms with Crippen molar-refractivity contribution in [3.05, 3.63) is 71.1 Å². The molecule has 1 rings (SSSR count). The minimum atomic E-state index is 0.812. The Bertz CT molecular complexity index is 647. The predicted molar refractivity (Wildman–Crippen MR) is 118 cm³/mol. The lowest BCUT2D eigenvalue weighted by molar-refractivity contribution is 0.435. The second-order valence-electron chi connectivity index (χ2n) is 6.62. The van der Waals surface area contributed by atoms with Gasteiger partial charge in [0, 0.05) is 36.6 Å². The molecule has 0 aromatic carbocycles. The second-order valence-corrected chi connectivity index (χ2v) is 6.87. The average Bonchev–Trinajstić information content (AvgIpc) is 2.65. The third-order valence-electron chi connectivity index (χ3n) is 4.81. The van der Waals surface area contributed by atoms with E-state index in [9.17, 15) is 0 Å². The molecule has 0 aromatic rings. The Hall–Kier alpha value is -1.80. The number of likely N-dealkylation sites (N-methyl/N-ethyl adjacent to an activating group) is 1. The maximum Gasteiger partial charge on any atom is 0.0710 e. The van der Waals surface area contributed by atoms with Crippen LogP contribution in [0.5, 0.6) is 0 Å². The molecule has 0 fully saturated rings. The van der Waals surface area contributed by atoms with Crippen molar-refractivity contribution in [2.45, 2.75) is 52.4 Å². The number of rotatable bonds is 7. The van der Waals surface area contributed by atoms with Crippen molar-refractivity contribution in [1.82, 2.24) is 4.90 Å². The van der Waals surface area contributed by atoms with Gasteiger partial charge in [0.05, 0.1) is 5.70 Å². The molecule has 3 heteroatoms. The highest BCUT2D eigenvalue weighted by atomic mass is 35.5. The van der Waals surface area contributed by atoms with E-state index in [0.717, 1.165) is 62.0 Å². The Labute approximate surface area is 165 Å². The molecule has 26 heavy (non-hydrogen) atoms. The van der Waals surface area contributed by atoms with Crippen LogP contribution in [0, 0.1) is 0 Å². The van der Waals surface area contributed by atoms with E-state index in [1.807, 2.05) is 18.4 Å². The molecule has 0 spiro atoms. The van der Waals surface area contributed by atoms with E-state index in [1.165, 1.54) is 16.7 Å². The van der Waals surface area contributed by atoms with Crippen molar-refractivity contribution in [3.63, 3.8) is 0 Å². The number of hydrogen-bond acceptors (Lipinski definition) is 2. The fourth-order valence-electron chi connectivity index (χ4n) is 2.98. The summed E-state index contributed by atoms with van der Waals surface area (Å²) in [5.74, 6) is 0. The van der Waals surface area contributed by atoms with Crippen molar-refractivity contribution in [2.75, 3.05) is 13.6 Å². The van der Waals surface area contributed by atoms with Gasteiger partial charge in [0.25, 0.3) is 0 Å². The molecule has 0 saturated heterocycles. The zero-order valence-corrected chi connectivity index (χ0v) is 17.4. The Morgan fingerprint density at radius 2 is 2.00 bits per heavy atom. The largest absolute Gasteiger partial charge is 0.374 e. The fourth-order valence-corrected chi connectivity index (χ4v) is 3.11. The third-order valence-corrected chi connectivity index (χ3v) is 4.94. The summed E-state index contributed by atoms with van der Waals surface area (Å²) in [5.41, 5.74) is 8.47. The summed E-state index contributed by atoms with van der Waals surface area (Å²) in [7, 11) is 2.09. The number of aliphatic imine (C=N–C) groups is 1. The van der Waals surface area contributed by atoms with Gasteiger partial charge in [-0.3, -0.25) is 4.99 Å². The van der Waals surface area contributed by atoms with Crippen LogP contribution < -0.4 is 0 Å². The van der Waals surface area contributed by atoms with Gasteiger partial charge in [-0.2, -0.15) is 0 Å². The highest BCUT2D eigenvalue weighted by Gasteiger charge is 2.15. The van der Waals surface area contributed by atoms with Gasteiger partial charge in [0.1, 0.15) is 0 Å². The van der Waals surface area contributed by atoms with E-state index in [1.54, 1.807) is 5.54 Å². The fraction of sp³-hybridized carbons (Fsp3) is 0.435. The van der Waals surface area contributed by atoms with Gasteiger partial charge in [0.15, 0.2) is 0 Å². The summed E-state index contributed by atoms with van der Waals surface area (Å²) in [6, 6.07) is 0. The molecule has 0 amide bonds. The van der Waals surface area contributed by atoms with Crippen LogP contribution >= 0.6 is 11.6 Å². The molecule has 0 N–H and O–H groups in total. The molecule has 1 aliphatic rings. The zero-order valence-electron chi connectivity index (χ0n) is 16.7. The monoisotopic (exact) mass is 372 g/mol. The van der Waals surface area contributed by atoms with E-state index in [0.29, 0.717) is 0 Å². The molecule has 0 radical (unpaired) electrons. The van der Waals surface area contributed by atoms with Crippen molar-refractivity contribution in [3.8, 4) is 0 Å². The first-order valence-corrected chi connectivity index (χ1v) is 9.84. The molecule has 0 saturated carbocycles. The van der Waals surface area contributed by atoms with Crippen LogP contribution in [-0.4, -0.2) is 24.7 Å². The van der Waals surface area contributed by atoms with Crippen LogP contribution in [0.2, 0.25) is 0 Å². The van der Waals surface area contributed by atoms with Crippen molar-refractivity contribution < 1.29 is 0 Å². The molecule has 0 unspecified atom stereocenters. The lowest BCUT2D eigenvalue weighted by Gasteiger charge is -2.24. The summed E-state index contributed by atoms with van der Waals surface area (Å²) in [6.07, 6.45) is 11.5. The van der Waals surface area contributed by atoms with Gasteiger partial charge in [-0.05, 0) is 55.7 Å². The molecule has 1 aliphatic heterocycles. The predicted octanol–water partition coefficient (Wildman–Crippen LogP) is 6.94. The average molecular weight is 373 g/mol. The summed E-state index contributed by atoms with van der Waals surface area (Å²) in [5, 5.41) is 0. The minimum absolute atomic E-state index is 0.812. The SMILES string of the molecule is C=C/C1=C(\C=C/Cl)C(=C(/CC)CN(C)C(=C)CC)/N=CCCC(=C)CC1. The molecule has 0 bridgehead atoms. The number of nitrogens with zero attached hydrogens (tertiary/aromatic N) is 2. The van der Waals surface area contributed by atoms with Crippen molar-refractivity contribution in [1.29, 1.82) is 0 Å². The van der Waals surface area contributed by atoms with E-state index in [4.69, 9.17) is 16.6 Å². The molecule has 0 aromatic heterocycles. The van der Waals surface area contributed by atoms with Crippen LogP contribution in [0.4, 0.5) is 0 Å². The molecular weight excluding hydrogens is 340 g/mol. The third kappa shape index (κ3) is 6.49. The van der Waals surface area contributed by atoms with E-state index in [2.05, 4.69) is 45.5 Å². The summed E-state index contributed by atoms with van der Waals surface area (Å²) in [6.45, 7) is 17.5. The smallest absolute Gasteiger partial charge is 0.0710 e. The van der Waals surface area contributed by atoms with E-state index >= 15 is 0 Å². The summed E-state index contributed by atoms with van der Waals surface area (Å²) < 4.78 is 0. The standard InChI is InChI=1S/C23H33ClN2/c1-7-19(5)26(6)17-21(9-3)23-22(14-15-24)20(8-2)13-12-18(4)11-10-16-25-23/h8,14-16H,2,4-5,7,9-13,17H2,1,3,6H3/b15-14-,22-20-,23-21+,25-16?. The normalized spacial score (nSPS) is 21.0. The molecule has 0 atom stereocenters. The lowest BCUT2D eigenvalue weighted by atomic mass is 9.93. The number of hydrogen-bond donors (Lipinski definition) is 0. The lowest BCUT2D eigenvalue weighted by Crippen LogP contribution is -2.20.